The Morgan fingerprint density at radius 3 is 2.24 bits per heavy atom. The molecule has 4 N–H and O–H groups in total. The lowest BCUT2D eigenvalue weighted by atomic mass is 10.3. The molecule has 0 unspecified atom stereocenters. The first-order chi connectivity index (χ1) is 8.22. The third-order valence-electron chi connectivity index (χ3n) is 2.03. The second kappa shape index (κ2) is 11.3. The molecule has 0 aliphatic carbocycles. The van der Waals surface area contributed by atoms with Crippen LogP contribution < -0.4 is 16.4 Å². The van der Waals surface area contributed by atoms with E-state index in [-0.39, 0.29) is 0 Å². The fourth-order valence-corrected chi connectivity index (χ4v) is 1.07. The number of nitrogens with two attached hydrogens (primary N) is 1. The van der Waals surface area contributed by atoms with E-state index in [9.17, 15) is 9.59 Å². The van der Waals surface area contributed by atoms with E-state index in [0.29, 0.717) is 32.7 Å². The molecule has 0 atom stereocenters. The molecule has 0 aromatic rings. The van der Waals surface area contributed by atoms with Crippen LogP contribution in [0.25, 0.3) is 0 Å². The van der Waals surface area contributed by atoms with Crippen LogP contribution in [0.2, 0.25) is 0 Å². The second-order valence-corrected chi connectivity index (χ2v) is 3.62. The van der Waals surface area contributed by atoms with Gasteiger partial charge in [0.05, 0.1) is 0 Å². The van der Waals surface area contributed by atoms with Crippen LogP contribution in [0.3, 0.4) is 0 Å². The lowest BCUT2D eigenvalue weighted by Gasteiger charge is -2.06. The minimum Gasteiger partial charge on any atom is -0.381 e. The molecule has 0 heterocycles. The highest BCUT2D eigenvalue weighted by molar-refractivity contribution is 6.35. The van der Waals surface area contributed by atoms with Gasteiger partial charge >= 0.3 is 11.8 Å². The van der Waals surface area contributed by atoms with Crippen molar-refractivity contribution in [2.24, 2.45) is 5.73 Å². The van der Waals surface area contributed by atoms with Gasteiger partial charge in [0, 0.05) is 32.8 Å². The lowest BCUT2D eigenvalue weighted by Crippen LogP contribution is -2.42. The Morgan fingerprint density at radius 2 is 1.65 bits per heavy atom. The van der Waals surface area contributed by atoms with E-state index in [1.807, 2.05) is 0 Å². The molecule has 17 heavy (non-hydrogen) atoms. The molecule has 6 nitrogen and oxygen atoms in total. The predicted molar refractivity (Wildman–Crippen MR) is 65.4 cm³/mol. The van der Waals surface area contributed by atoms with Gasteiger partial charge in [-0.15, -0.1) is 0 Å². The summed E-state index contributed by atoms with van der Waals surface area (Å²) in [5.41, 5.74) is 5.19. The average molecular weight is 245 g/mol. The number of carbonyl (C=O) groups excluding carboxylic acids is 2. The quantitative estimate of drug-likeness (QED) is 0.373. The Balaban J connectivity index is 3.35. The van der Waals surface area contributed by atoms with Gasteiger partial charge in [-0.2, -0.15) is 0 Å². The van der Waals surface area contributed by atoms with Crippen molar-refractivity contribution < 1.29 is 14.3 Å². The highest BCUT2D eigenvalue weighted by Crippen LogP contribution is 1.88. The number of carbonyl (C=O) groups is 2. The molecule has 0 aliphatic heterocycles. The molecule has 0 saturated heterocycles. The van der Waals surface area contributed by atoms with Gasteiger partial charge in [-0.05, 0) is 12.8 Å². The highest BCUT2D eigenvalue weighted by atomic mass is 16.5. The van der Waals surface area contributed by atoms with Gasteiger partial charge < -0.3 is 21.1 Å². The van der Waals surface area contributed by atoms with Crippen molar-refractivity contribution in [3.05, 3.63) is 0 Å². The highest BCUT2D eigenvalue weighted by Gasteiger charge is 2.10. The zero-order valence-electron chi connectivity index (χ0n) is 10.5. The third kappa shape index (κ3) is 9.77. The first-order valence-corrected chi connectivity index (χ1v) is 6.06. The molecule has 100 valence electrons. The summed E-state index contributed by atoms with van der Waals surface area (Å²) in [6.45, 7) is 4.54. The standard InChI is InChI=1S/C11H23N3O3/c1-2-3-8-17-9-4-6-13-10(15)11(16)14-7-5-12/h2-9,12H2,1H3,(H,13,15)(H,14,16). The summed E-state index contributed by atoms with van der Waals surface area (Å²) in [5.74, 6) is -1.26. The van der Waals surface area contributed by atoms with E-state index in [1.165, 1.54) is 0 Å². The van der Waals surface area contributed by atoms with Crippen molar-refractivity contribution >= 4 is 11.8 Å². The molecular weight excluding hydrogens is 222 g/mol. The summed E-state index contributed by atoms with van der Waals surface area (Å²) in [7, 11) is 0. The fraction of sp³-hybridized carbons (Fsp3) is 0.818. The van der Waals surface area contributed by atoms with Crippen molar-refractivity contribution in [1.29, 1.82) is 0 Å². The molecule has 0 aliphatic rings. The maximum absolute atomic E-state index is 11.2. The van der Waals surface area contributed by atoms with E-state index < -0.39 is 11.8 Å². The first kappa shape index (κ1) is 15.9. The molecule has 0 saturated carbocycles. The largest absolute Gasteiger partial charge is 0.381 e. The maximum Gasteiger partial charge on any atom is 0.309 e. The molecule has 0 spiro atoms. The van der Waals surface area contributed by atoms with Gasteiger partial charge in [-0.25, -0.2) is 0 Å². The van der Waals surface area contributed by atoms with Crippen LogP contribution >= 0.6 is 0 Å². The summed E-state index contributed by atoms with van der Waals surface area (Å²) < 4.78 is 5.31. The van der Waals surface area contributed by atoms with Crippen LogP contribution in [-0.4, -0.2) is 44.7 Å². The number of nitrogens with one attached hydrogen (secondary N) is 2. The Hall–Kier alpha value is -1.14. The number of hydrogen-bond donors (Lipinski definition) is 3. The smallest absolute Gasteiger partial charge is 0.309 e. The minimum absolute atomic E-state index is 0.312. The van der Waals surface area contributed by atoms with Crippen molar-refractivity contribution in [2.75, 3.05) is 32.8 Å². The number of unbranched alkanes of at least 4 members (excludes halogenated alkanes) is 1. The van der Waals surface area contributed by atoms with Gasteiger partial charge in [0.2, 0.25) is 0 Å². The predicted octanol–water partition coefficient (Wildman–Crippen LogP) is -0.616. The molecule has 0 aromatic carbocycles. The third-order valence-corrected chi connectivity index (χ3v) is 2.03. The van der Waals surface area contributed by atoms with Crippen LogP contribution in [0.5, 0.6) is 0 Å². The van der Waals surface area contributed by atoms with Crippen LogP contribution in [0, 0.1) is 0 Å². The van der Waals surface area contributed by atoms with Gasteiger partial charge in [-0.1, -0.05) is 13.3 Å². The fourth-order valence-electron chi connectivity index (χ4n) is 1.07. The minimum atomic E-state index is -0.637. The van der Waals surface area contributed by atoms with Gasteiger partial charge in [-0.3, -0.25) is 9.59 Å². The molecule has 0 rings (SSSR count). The Morgan fingerprint density at radius 1 is 1.06 bits per heavy atom. The first-order valence-electron chi connectivity index (χ1n) is 6.06. The van der Waals surface area contributed by atoms with E-state index in [2.05, 4.69) is 17.6 Å². The SMILES string of the molecule is CCCCOCCCNC(=O)C(=O)NCCN. The maximum atomic E-state index is 11.2. The van der Waals surface area contributed by atoms with E-state index in [1.54, 1.807) is 0 Å². The van der Waals surface area contributed by atoms with E-state index in [0.717, 1.165) is 19.4 Å². The molecule has 2 amide bonds. The number of hydrogen-bond acceptors (Lipinski definition) is 4. The van der Waals surface area contributed by atoms with Crippen molar-refractivity contribution in [1.82, 2.24) is 10.6 Å². The summed E-state index contributed by atoms with van der Waals surface area (Å²) in [4.78, 5) is 22.3. The van der Waals surface area contributed by atoms with Gasteiger partial charge in [0.15, 0.2) is 0 Å². The van der Waals surface area contributed by atoms with E-state index in [4.69, 9.17) is 10.5 Å². The molecule has 0 aromatic heterocycles. The van der Waals surface area contributed by atoms with Gasteiger partial charge in [0.1, 0.15) is 0 Å². The van der Waals surface area contributed by atoms with Crippen LogP contribution in [0.1, 0.15) is 26.2 Å². The van der Waals surface area contributed by atoms with Gasteiger partial charge in [0.25, 0.3) is 0 Å². The molecule has 0 fully saturated rings. The topological polar surface area (TPSA) is 93.4 Å². The Kier molecular flexibility index (Phi) is 10.6. The Labute approximate surface area is 102 Å². The summed E-state index contributed by atoms with van der Waals surface area (Å²) >= 11 is 0. The average Bonchev–Trinajstić information content (AvgIpc) is 2.34. The van der Waals surface area contributed by atoms with Crippen LogP contribution in [0.4, 0.5) is 0 Å². The Bertz CT molecular complexity index is 222. The van der Waals surface area contributed by atoms with Crippen LogP contribution in [-0.2, 0) is 14.3 Å². The van der Waals surface area contributed by atoms with Crippen LogP contribution in [0.15, 0.2) is 0 Å². The molecule has 6 heteroatoms. The summed E-state index contributed by atoms with van der Waals surface area (Å²) in [6.07, 6.45) is 2.87. The number of rotatable bonds is 9. The van der Waals surface area contributed by atoms with Crippen molar-refractivity contribution in [3.8, 4) is 0 Å². The number of amides is 2. The van der Waals surface area contributed by atoms with E-state index >= 15 is 0 Å². The number of ether oxygens (including phenoxy) is 1. The molecule has 0 radical (unpaired) electrons. The molecule has 0 bridgehead atoms. The zero-order valence-corrected chi connectivity index (χ0v) is 10.5. The molecular formula is C11H23N3O3. The van der Waals surface area contributed by atoms with Crippen molar-refractivity contribution in [3.63, 3.8) is 0 Å². The summed E-state index contributed by atoms with van der Waals surface area (Å²) in [5, 5.41) is 4.90. The zero-order chi connectivity index (χ0) is 12.9. The second-order valence-electron chi connectivity index (χ2n) is 3.62. The monoisotopic (exact) mass is 245 g/mol. The normalized spacial score (nSPS) is 10.0. The van der Waals surface area contributed by atoms with Crippen molar-refractivity contribution in [2.45, 2.75) is 26.2 Å². The lowest BCUT2D eigenvalue weighted by molar-refractivity contribution is -0.139. The summed E-state index contributed by atoms with van der Waals surface area (Å²) in [6, 6.07) is 0.